The fourth-order valence-corrected chi connectivity index (χ4v) is 6.02. The van der Waals surface area contributed by atoms with E-state index in [0.717, 1.165) is 30.5 Å². The SMILES string of the molecule is CCC(=O)N1CCc2cc(S(=O)(=O)NC3CC4CCC3C4)ccc21. The van der Waals surface area contributed by atoms with Crippen LogP contribution in [0.2, 0.25) is 0 Å². The summed E-state index contributed by atoms with van der Waals surface area (Å²) in [6.07, 6.45) is 5.74. The second kappa shape index (κ2) is 5.85. The maximum absolute atomic E-state index is 12.7. The standard InChI is InChI=1S/C18H24N2O3S/c1-2-18(21)20-8-7-14-11-15(5-6-17(14)20)24(22,23)19-16-10-12-3-4-13(16)9-12/h5-6,11-13,16,19H,2-4,7-10H2,1H3. The van der Waals surface area contributed by atoms with E-state index >= 15 is 0 Å². The molecule has 0 radical (unpaired) electrons. The van der Waals surface area contributed by atoms with Gasteiger partial charge in [-0.3, -0.25) is 4.79 Å². The second-order valence-electron chi connectivity index (χ2n) is 7.34. The number of hydrogen-bond donors (Lipinski definition) is 1. The fourth-order valence-electron chi connectivity index (χ4n) is 4.65. The van der Waals surface area contributed by atoms with Gasteiger partial charge in [0.2, 0.25) is 15.9 Å². The summed E-state index contributed by atoms with van der Waals surface area (Å²) < 4.78 is 28.4. The molecule has 2 aliphatic carbocycles. The predicted molar refractivity (Wildman–Crippen MR) is 92.3 cm³/mol. The van der Waals surface area contributed by atoms with Crippen molar-refractivity contribution in [1.29, 1.82) is 0 Å². The Balaban J connectivity index is 1.55. The van der Waals surface area contributed by atoms with E-state index in [2.05, 4.69) is 4.72 Å². The summed E-state index contributed by atoms with van der Waals surface area (Å²) in [6, 6.07) is 5.26. The quantitative estimate of drug-likeness (QED) is 0.909. The molecule has 0 aromatic heterocycles. The number of amides is 1. The molecule has 6 heteroatoms. The van der Waals surface area contributed by atoms with Crippen LogP contribution in [-0.4, -0.2) is 26.9 Å². The molecule has 1 aromatic rings. The maximum Gasteiger partial charge on any atom is 0.240 e. The average Bonchev–Trinajstić information content (AvgIpc) is 3.27. The molecule has 0 spiro atoms. The van der Waals surface area contributed by atoms with Crippen LogP contribution in [0.4, 0.5) is 5.69 Å². The van der Waals surface area contributed by atoms with Gasteiger partial charge in [-0.2, -0.15) is 0 Å². The number of nitrogens with one attached hydrogen (secondary N) is 1. The summed E-state index contributed by atoms with van der Waals surface area (Å²) in [5.41, 5.74) is 1.81. The van der Waals surface area contributed by atoms with Crippen LogP contribution in [-0.2, 0) is 21.2 Å². The van der Waals surface area contributed by atoms with Gasteiger partial charge in [0.05, 0.1) is 4.90 Å². The minimum Gasteiger partial charge on any atom is -0.312 e. The average molecular weight is 348 g/mol. The molecule has 3 unspecified atom stereocenters. The molecule has 2 saturated carbocycles. The molecule has 130 valence electrons. The first-order valence-corrected chi connectivity index (χ1v) is 10.4. The van der Waals surface area contributed by atoms with E-state index in [1.165, 1.54) is 12.8 Å². The third-order valence-electron chi connectivity index (χ3n) is 5.90. The van der Waals surface area contributed by atoms with Crippen molar-refractivity contribution < 1.29 is 13.2 Å². The van der Waals surface area contributed by atoms with Crippen molar-refractivity contribution in [2.45, 2.75) is 56.4 Å². The smallest absolute Gasteiger partial charge is 0.240 e. The Morgan fingerprint density at radius 3 is 2.79 bits per heavy atom. The van der Waals surface area contributed by atoms with E-state index in [9.17, 15) is 13.2 Å². The third kappa shape index (κ3) is 2.65. The minimum atomic E-state index is -3.48. The van der Waals surface area contributed by atoms with E-state index in [1.807, 2.05) is 6.92 Å². The Hall–Kier alpha value is -1.40. The van der Waals surface area contributed by atoms with Crippen molar-refractivity contribution in [3.8, 4) is 0 Å². The van der Waals surface area contributed by atoms with Gasteiger partial charge in [0.25, 0.3) is 0 Å². The van der Waals surface area contributed by atoms with Gasteiger partial charge in [0.1, 0.15) is 0 Å². The lowest BCUT2D eigenvalue weighted by molar-refractivity contribution is -0.118. The number of rotatable bonds is 4. The first-order chi connectivity index (χ1) is 11.5. The molecule has 3 atom stereocenters. The molecule has 5 nitrogen and oxygen atoms in total. The zero-order chi connectivity index (χ0) is 16.9. The molecule has 4 rings (SSSR count). The van der Waals surface area contributed by atoms with Gasteiger partial charge in [0.15, 0.2) is 0 Å². The lowest BCUT2D eigenvalue weighted by Gasteiger charge is -2.23. The van der Waals surface area contributed by atoms with Crippen molar-refractivity contribution >= 4 is 21.6 Å². The number of nitrogens with zero attached hydrogens (tertiary/aromatic N) is 1. The molecule has 2 fully saturated rings. The Morgan fingerprint density at radius 2 is 2.12 bits per heavy atom. The lowest BCUT2D eigenvalue weighted by atomic mass is 9.96. The zero-order valence-corrected chi connectivity index (χ0v) is 14.8. The highest BCUT2D eigenvalue weighted by molar-refractivity contribution is 7.89. The van der Waals surface area contributed by atoms with E-state index in [0.29, 0.717) is 29.7 Å². The van der Waals surface area contributed by atoms with Gasteiger partial charge in [-0.15, -0.1) is 0 Å². The van der Waals surface area contributed by atoms with Crippen molar-refractivity contribution in [2.75, 3.05) is 11.4 Å². The Kier molecular flexibility index (Phi) is 3.92. The number of anilines is 1. The monoisotopic (exact) mass is 348 g/mol. The van der Waals surface area contributed by atoms with Gasteiger partial charge in [-0.05, 0) is 61.3 Å². The fraction of sp³-hybridized carbons (Fsp3) is 0.611. The maximum atomic E-state index is 12.7. The van der Waals surface area contributed by atoms with Crippen molar-refractivity contribution in [1.82, 2.24) is 4.72 Å². The largest absolute Gasteiger partial charge is 0.312 e. The highest BCUT2D eigenvalue weighted by Crippen LogP contribution is 2.45. The van der Waals surface area contributed by atoms with Crippen molar-refractivity contribution in [2.24, 2.45) is 11.8 Å². The topological polar surface area (TPSA) is 66.5 Å². The second-order valence-corrected chi connectivity index (χ2v) is 9.06. The summed E-state index contributed by atoms with van der Waals surface area (Å²) in [4.78, 5) is 14.0. The number of hydrogen-bond acceptors (Lipinski definition) is 3. The predicted octanol–water partition coefficient (Wildman–Crippen LogP) is 2.45. The van der Waals surface area contributed by atoms with E-state index in [4.69, 9.17) is 0 Å². The van der Waals surface area contributed by atoms with E-state index < -0.39 is 10.0 Å². The van der Waals surface area contributed by atoms with Crippen LogP contribution in [0.15, 0.2) is 23.1 Å². The van der Waals surface area contributed by atoms with Gasteiger partial charge in [0, 0.05) is 24.7 Å². The van der Waals surface area contributed by atoms with Crippen molar-refractivity contribution in [3.05, 3.63) is 23.8 Å². The van der Waals surface area contributed by atoms with Gasteiger partial charge < -0.3 is 4.90 Å². The summed E-state index contributed by atoms with van der Waals surface area (Å²) >= 11 is 0. The minimum absolute atomic E-state index is 0.0875. The molecular formula is C18H24N2O3S. The van der Waals surface area contributed by atoms with Gasteiger partial charge in [-0.25, -0.2) is 13.1 Å². The normalized spacial score (nSPS) is 28.4. The van der Waals surface area contributed by atoms with Crippen LogP contribution < -0.4 is 9.62 Å². The molecule has 1 N–H and O–H groups in total. The summed E-state index contributed by atoms with van der Waals surface area (Å²) in [5.74, 6) is 1.30. The molecular weight excluding hydrogens is 324 g/mol. The van der Waals surface area contributed by atoms with Crippen LogP contribution in [0.1, 0.15) is 44.6 Å². The number of carbonyl (C=O) groups excluding carboxylic acids is 1. The molecule has 3 aliphatic rings. The van der Waals surface area contributed by atoms with Crippen LogP contribution in [0, 0.1) is 11.8 Å². The Morgan fingerprint density at radius 1 is 1.29 bits per heavy atom. The van der Waals surface area contributed by atoms with Gasteiger partial charge >= 0.3 is 0 Å². The molecule has 0 saturated heterocycles. The van der Waals surface area contributed by atoms with E-state index in [1.54, 1.807) is 23.1 Å². The molecule has 24 heavy (non-hydrogen) atoms. The van der Waals surface area contributed by atoms with E-state index in [-0.39, 0.29) is 11.9 Å². The van der Waals surface area contributed by atoms with Crippen LogP contribution >= 0.6 is 0 Å². The number of benzene rings is 1. The molecule has 2 bridgehead atoms. The van der Waals surface area contributed by atoms with Crippen LogP contribution in [0.5, 0.6) is 0 Å². The molecule has 1 heterocycles. The highest BCUT2D eigenvalue weighted by Gasteiger charge is 2.41. The zero-order valence-electron chi connectivity index (χ0n) is 14.0. The highest BCUT2D eigenvalue weighted by atomic mass is 32.2. The number of sulfonamides is 1. The van der Waals surface area contributed by atoms with Crippen molar-refractivity contribution in [3.63, 3.8) is 0 Å². The first kappa shape index (κ1) is 16.1. The summed E-state index contributed by atoms with van der Waals surface area (Å²) in [7, 11) is -3.48. The molecule has 1 amide bonds. The molecule has 1 aliphatic heterocycles. The lowest BCUT2D eigenvalue weighted by Crippen LogP contribution is -2.38. The third-order valence-corrected chi connectivity index (χ3v) is 7.39. The van der Waals surface area contributed by atoms with Crippen LogP contribution in [0.3, 0.4) is 0 Å². The number of fused-ring (bicyclic) bond motifs is 3. The number of carbonyl (C=O) groups is 1. The van der Waals surface area contributed by atoms with Crippen LogP contribution in [0.25, 0.3) is 0 Å². The Labute approximate surface area is 143 Å². The van der Waals surface area contributed by atoms with Gasteiger partial charge in [-0.1, -0.05) is 13.3 Å². The first-order valence-electron chi connectivity index (χ1n) is 8.93. The molecule has 1 aromatic carbocycles. The summed E-state index contributed by atoms with van der Waals surface area (Å²) in [5, 5.41) is 0. The Bertz CT molecular complexity index is 774. The summed E-state index contributed by atoms with van der Waals surface area (Å²) in [6.45, 7) is 2.49.